The number of hydrogen-bond acceptors (Lipinski definition) is 16. The van der Waals surface area contributed by atoms with Crippen molar-refractivity contribution in [2.45, 2.75) is 196 Å². The Morgan fingerprint density at radius 1 is 0.743 bits per heavy atom. The maximum atomic E-state index is 14.3. The molecule has 3 aliphatic rings. The SMILES string of the molecule is [C-]#[N+]C[C@@H](O)[C@@H]1NC(=O)[C@H]([C@H](O)[C@@H](O)c2ccc(O)cc2)NC(=O)[C@@H]2C[C@@H](O)CN2C(=O)[C@H]([C@@H](C)O)NC(=O)[C@@H](NC(=O)CCCCCCCCC(C)CC(C)CC)C[C@@H](O)[C@@H](O)NC(=O)[C@@H]2[C@@H](O)CCN2C1=O. The third-order valence-corrected chi connectivity index (χ3v) is 14.2. The predicted octanol–water partition coefficient (Wildman–Crippen LogP) is -2.30. The van der Waals surface area contributed by atoms with Crippen molar-refractivity contribution >= 4 is 41.4 Å². The fourth-order valence-electron chi connectivity index (χ4n) is 9.67. The minimum atomic E-state index is -2.32. The normalized spacial score (nSPS) is 29.2. The molecule has 0 saturated carbocycles. The van der Waals surface area contributed by atoms with Gasteiger partial charge in [0.15, 0.2) is 12.3 Å². The van der Waals surface area contributed by atoms with Gasteiger partial charge in [-0.05, 0) is 55.7 Å². The summed E-state index contributed by atoms with van der Waals surface area (Å²) < 4.78 is 0. The number of aliphatic hydroxyl groups excluding tert-OH is 8. The molecule has 4 rings (SSSR count). The molecule has 3 heterocycles. The fraction of sp³-hybridized carbons (Fsp3) is 0.720. The number of fused-ring (bicyclic) bond motifs is 2. The quantitative estimate of drug-likeness (QED) is 0.0512. The lowest BCUT2D eigenvalue weighted by molar-refractivity contribution is -0.148. The summed E-state index contributed by atoms with van der Waals surface area (Å²) in [5.74, 6) is -7.16. The smallest absolute Gasteiger partial charge is 0.248 e. The lowest BCUT2D eigenvalue weighted by Crippen LogP contribution is -2.64. The van der Waals surface area contributed by atoms with Crippen molar-refractivity contribution in [3.05, 3.63) is 41.2 Å². The standard InChI is InChI=1S/C50H78N8O16/c1-6-26(2)21-27(3)13-11-9-7-8-10-12-14-37(65)52-32-23-35(63)46(70)56-48(72)41-34(62)19-20-57(41)50(74)39(36(64)24-51-5)54-47(71)40(43(67)42(66)29-15-17-30(60)18-16-29)55-45(69)33-22-31(61)25-58(33)49(73)38(28(4)59)53-44(32)68/h15-18,26-28,31-36,38-43,46,59-64,66-67,70H,6-14,19-25H2,1-4H3,(H,52,65)(H,53,68)(H,54,71)(H,55,69)(H,56,72)/t26?,27?,28-,31-,32+,33+,34+,35-,36-,38+,39+,40+,41+,42+,43+,46-/m1/s1. The van der Waals surface area contributed by atoms with Gasteiger partial charge in [0, 0.05) is 32.4 Å². The van der Waals surface area contributed by atoms with Crippen LogP contribution in [0.2, 0.25) is 0 Å². The summed E-state index contributed by atoms with van der Waals surface area (Å²) in [6.07, 6.45) is -8.69. The van der Waals surface area contributed by atoms with Crippen LogP contribution in [0.5, 0.6) is 5.75 Å². The Labute approximate surface area is 431 Å². The Morgan fingerprint density at radius 2 is 1.35 bits per heavy atom. The fourth-order valence-corrected chi connectivity index (χ4v) is 9.67. The highest BCUT2D eigenvalue weighted by molar-refractivity contribution is 5.98. The Hall–Kier alpha value is -5.52. The monoisotopic (exact) mass is 1050 g/mol. The number of aromatic hydroxyl groups is 1. The zero-order chi connectivity index (χ0) is 55.0. The Bertz CT molecular complexity index is 2090. The summed E-state index contributed by atoms with van der Waals surface area (Å²) in [6, 6.07) is -7.06. The van der Waals surface area contributed by atoms with E-state index >= 15 is 0 Å². The molecule has 0 aliphatic carbocycles. The summed E-state index contributed by atoms with van der Waals surface area (Å²) >= 11 is 0. The number of phenols is 1. The largest absolute Gasteiger partial charge is 0.508 e. The van der Waals surface area contributed by atoms with Crippen molar-refractivity contribution in [1.29, 1.82) is 0 Å². The molecule has 0 aromatic heterocycles. The highest BCUT2D eigenvalue weighted by Gasteiger charge is 2.49. The van der Waals surface area contributed by atoms with Gasteiger partial charge in [-0.15, -0.1) is 0 Å². The number of rotatable bonds is 19. The number of carbonyl (C=O) groups is 7. The van der Waals surface area contributed by atoms with Gasteiger partial charge in [0.25, 0.3) is 0 Å². The predicted molar refractivity (Wildman–Crippen MR) is 263 cm³/mol. The van der Waals surface area contributed by atoms with Gasteiger partial charge in [0.1, 0.15) is 60.3 Å². The molecule has 24 heteroatoms. The van der Waals surface area contributed by atoms with Crippen LogP contribution in [0.1, 0.15) is 123 Å². The molecule has 7 amide bonds. The Morgan fingerprint density at radius 3 is 1.99 bits per heavy atom. The van der Waals surface area contributed by atoms with Crippen LogP contribution >= 0.6 is 0 Å². The zero-order valence-electron chi connectivity index (χ0n) is 42.6. The van der Waals surface area contributed by atoms with Crippen molar-refractivity contribution < 1.29 is 79.5 Å². The van der Waals surface area contributed by atoms with Crippen LogP contribution in [-0.2, 0) is 33.6 Å². The molecule has 1 aromatic rings. The lowest BCUT2D eigenvalue weighted by atomic mass is 9.91. The van der Waals surface area contributed by atoms with Crippen molar-refractivity contribution in [3.63, 3.8) is 0 Å². The second-order valence-corrected chi connectivity index (χ2v) is 20.3. The Balaban J connectivity index is 1.68. The summed E-state index contributed by atoms with van der Waals surface area (Å²) in [7, 11) is 0. The molecule has 3 saturated heterocycles. The molecule has 14 N–H and O–H groups in total. The minimum absolute atomic E-state index is 0.0691. The van der Waals surface area contributed by atoms with Crippen LogP contribution in [-0.4, -0.2) is 196 Å². The van der Waals surface area contributed by atoms with Crippen molar-refractivity contribution in [2.75, 3.05) is 19.6 Å². The number of phenolic OH excluding ortho intramolecular Hbond substituents is 1. The molecular weight excluding hydrogens is 969 g/mol. The van der Waals surface area contributed by atoms with Crippen molar-refractivity contribution in [2.24, 2.45) is 11.8 Å². The van der Waals surface area contributed by atoms with Crippen molar-refractivity contribution in [3.8, 4) is 5.75 Å². The van der Waals surface area contributed by atoms with E-state index in [9.17, 15) is 79.5 Å². The third-order valence-electron chi connectivity index (χ3n) is 14.2. The number of unbranched alkanes of at least 4 members (excludes halogenated alkanes) is 5. The second-order valence-electron chi connectivity index (χ2n) is 20.3. The number of amides is 7. The van der Waals surface area contributed by atoms with Crippen LogP contribution in [0.3, 0.4) is 0 Å². The number of benzene rings is 1. The average Bonchev–Trinajstić information content (AvgIpc) is 3.95. The molecule has 0 bridgehead atoms. The summed E-state index contributed by atoms with van der Waals surface area (Å²) in [5, 5.41) is 110. The highest BCUT2D eigenvalue weighted by atomic mass is 16.3. The minimum Gasteiger partial charge on any atom is -0.508 e. The van der Waals surface area contributed by atoms with E-state index < -0.39 is 159 Å². The van der Waals surface area contributed by atoms with E-state index in [1.807, 2.05) is 0 Å². The Kier molecular flexibility index (Phi) is 23.9. The third kappa shape index (κ3) is 17.0. The molecule has 414 valence electrons. The van der Waals surface area contributed by atoms with Crippen LogP contribution in [0.4, 0.5) is 0 Å². The van der Waals surface area contributed by atoms with Crippen molar-refractivity contribution in [1.82, 2.24) is 36.4 Å². The molecule has 16 atom stereocenters. The van der Waals surface area contributed by atoms with E-state index in [1.165, 1.54) is 18.6 Å². The summed E-state index contributed by atoms with van der Waals surface area (Å²) in [6.45, 7) is 13.4. The average molecular weight is 1050 g/mol. The molecule has 1 aromatic carbocycles. The lowest BCUT2D eigenvalue weighted by Gasteiger charge is -2.34. The summed E-state index contributed by atoms with van der Waals surface area (Å²) in [5.41, 5.74) is -0.0933. The topological polar surface area (TPSA) is 373 Å². The van der Waals surface area contributed by atoms with Crippen LogP contribution in [0.15, 0.2) is 24.3 Å². The highest BCUT2D eigenvalue weighted by Crippen LogP contribution is 2.26. The number of hydrogen-bond donors (Lipinski definition) is 14. The number of nitrogens with one attached hydrogen (secondary N) is 5. The van der Waals surface area contributed by atoms with Gasteiger partial charge in [0.2, 0.25) is 47.9 Å². The van der Waals surface area contributed by atoms with E-state index in [0.717, 1.165) is 67.4 Å². The number of carbonyl (C=O) groups excluding carboxylic acids is 7. The molecule has 74 heavy (non-hydrogen) atoms. The van der Waals surface area contributed by atoms with Gasteiger partial charge < -0.3 is 87.2 Å². The van der Waals surface area contributed by atoms with Gasteiger partial charge in [0.05, 0.1) is 18.3 Å². The first-order valence-electron chi connectivity index (χ1n) is 25.7. The molecule has 2 unspecified atom stereocenters. The van der Waals surface area contributed by atoms with Gasteiger partial charge in [-0.1, -0.05) is 77.8 Å². The molecule has 0 spiro atoms. The molecule has 0 radical (unpaired) electrons. The first-order chi connectivity index (χ1) is 35.0. The van der Waals surface area contributed by atoms with E-state index in [1.54, 1.807) is 0 Å². The molecule has 24 nitrogen and oxygen atoms in total. The van der Waals surface area contributed by atoms with Crippen LogP contribution in [0, 0.1) is 18.4 Å². The van der Waals surface area contributed by atoms with E-state index in [0.29, 0.717) is 24.7 Å². The van der Waals surface area contributed by atoms with Crippen LogP contribution in [0.25, 0.3) is 4.85 Å². The van der Waals surface area contributed by atoms with E-state index in [2.05, 4.69) is 52.2 Å². The molecular formula is C50H78N8O16. The second kappa shape index (κ2) is 29.0. The zero-order valence-corrected chi connectivity index (χ0v) is 42.6. The van der Waals surface area contributed by atoms with E-state index in [4.69, 9.17) is 6.57 Å². The summed E-state index contributed by atoms with van der Waals surface area (Å²) in [4.78, 5) is 103. The first kappa shape index (κ1) is 61.0. The van der Waals surface area contributed by atoms with Gasteiger partial charge >= 0.3 is 0 Å². The maximum Gasteiger partial charge on any atom is 0.248 e. The molecule has 3 fully saturated rings. The van der Waals surface area contributed by atoms with E-state index in [-0.39, 0.29) is 24.2 Å². The number of aliphatic hydroxyl groups is 8. The maximum absolute atomic E-state index is 14.3. The van der Waals surface area contributed by atoms with Gasteiger partial charge in [-0.25, -0.2) is 6.57 Å². The first-order valence-corrected chi connectivity index (χ1v) is 25.7. The van der Waals surface area contributed by atoms with Crippen LogP contribution < -0.4 is 26.6 Å². The number of nitrogens with zero attached hydrogens (tertiary/aromatic N) is 3. The van der Waals surface area contributed by atoms with Gasteiger partial charge in [-0.2, -0.15) is 0 Å². The molecule has 3 aliphatic heterocycles. The van der Waals surface area contributed by atoms with Gasteiger partial charge in [-0.3, -0.25) is 33.6 Å².